The highest BCUT2D eigenvalue weighted by molar-refractivity contribution is 7.14. The molecule has 6 amide bonds. The van der Waals surface area contributed by atoms with E-state index in [1.807, 2.05) is 24.6 Å². The van der Waals surface area contributed by atoms with Gasteiger partial charge in [0.25, 0.3) is 0 Å². The third kappa shape index (κ3) is 13.9. The van der Waals surface area contributed by atoms with Crippen molar-refractivity contribution >= 4 is 74.4 Å². The van der Waals surface area contributed by atoms with Gasteiger partial charge in [-0.1, -0.05) is 73.4 Å². The number of benzene rings is 1. The van der Waals surface area contributed by atoms with Gasteiger partial charge in [0.1, 0.15) is 18.1 Å². The van der Waals surface area contributed by atoms with Crippen LogP contribution in [0.4, 0.5) is 25.5 Å². The van der Waals surface area contributed by atoms with E-state index in [1.54, 1.807) is 9.80 Å². The van der Waals surface area contributed by atoms with E-state index >= 15 is 0 Å². The van der Waals surface area contributed by atoms with Gasteiger partial charge in [0, 0.05) is 36.0 Å². The number of hydrogen-bond acceptors (Lipinski definition) is 13. The molecule has 3 aromatic rings. The molecule has 6 rings (SSSR count). The second-order valence-corrected chi connectivity index (χ2v) is 19.8. The highest BCUT2D eigenvalue weighted by atomic mass is 32.1. The van der Waals surface area contributed by atoms with Crippen molar-refractivity contribution in [3.63, 3.8) is 0 Å². The summed E-state index contributed by atoms with van der Waals surface area (Å²) in [5.41, 5.74) is 8.32. The SMILES string of the molecule is C#C.CC[C@H](C)CC(=O)N1CCC[C@H]1C(=O)Nc1nc([C@@H]2CC[C@@H](c3csc(NC(=O)[C@@H]4CCCN4C(=O)[C@@H](NC(=O)OC)[C@@H](C)CC)n3)N2c2ccc(C(C)(C)C)cc2)cs1.COC(N)=O. The van der Waals surface area contributed by atoms with Gasteiger partial charge in [-0.15, -0.1) is 35.5 Å². The highest BCUT2D eigenvalue weighted by Gasteiger charge is 2.42. The van der Waals surface area contributed by atoms with E-state index in [9.17, 15) is 28.8 Å². The molecule has 0 spiro atoms. The first-order valence-electron chi connectivity index (χ1n) is 22.9. The number of methoxy groups -OCH3 is 2. The number of aromatic nitrogens is 2. The standard InChI is InChI=1S/C44H62N8O6S2.C2H5NO2.C2H2/c1-9-26(3)23-36(53)50-21-11-13-34(50)38(54)48-41-45-30(24-59-41)32-19-20-33(52(32)29-17-15-28(16-18-29)44(5,6)7)31-25-60-42(46-31)49-39(55)35-14-12-22-51(35)40(56)37(27(4)10-2)47-43(57)58-8;1-5-2(3)4;1-2/h15-18,24-27,32-35,37H,9-14,19-23H2,1-8H3,(H,47,57)(H,45,48,54)(H,46,49,55);1H3,(H2,3,4);1-2H/t26-,27-,32-,33-,34-,35-,37-;;/m0../s1. The minimum absolute atomic E-state index is 0.0212. The maximum Gasteiger partial charge on any atom is 0.407 e. The maximum absolute atomic E-state index is 13.8. The molecule has 2 aromatic heterocycles. The number of hydrogen-bond donors (Lipinski definition) is 4. The zero-order valence-corrected chi connectivity index (χ0v) is 42.0. The van der Waals surface area contributed by atoms with Crippen LogP contribution in [0.25, 0.3) is 0 Å². The summed E-state index contributed by atoms with van der Waals surface area (Å²) in [4.78, 5) is 91.2. The largest absolute Gasteiger partial charge is 0.453 e. The van der Waals surface area contributed by atoms with Gasteiger partial charge in [0.15, 0.2) is 10.3 Å². The lowest BCUT2D eigenvalue weighted by atomic mass is 9.87. The number of nitrogens with zero attached hydrogens (tertiary/aromatic N) is 5. The summed E-state index contributed by atoms with van der Waals surface area (Å²) in [7, 11) is 2.49. The molecule has 1 aromatic carbocycles. The van der Waals surface area contributed by atoms with Crippen molar-refractivity contribution in [2.24, 2.45) is 17.6 Å². The van der Waals surface area contributed by atoms with E-state index in [-0.39, 0.29) is 53.0 Å². The average Bonchev–Trinajstić information content (AvgIpc) is 4.18. The molecular weight excluding hydrogens is 895 g/mol. The zero-order valence-electron chi connectivity index (χ0n) is 40.3. The Hall–Kier alpha value is -5.74. The molecule has 67 heavy (non-hydrogen) atoms. The van der Waals surface area contributed by atoms with Crippen LogP contribution < -0.4 is 26.6 Å². The second kappa shape index (κ2) is 24.9. The zero-order chi connectivity index (χ0) is 49.6. The molecule has 3 aliphatic rings. The Labute approximate surface area is 403 Å². The average molecular weight is 964 g/mol. The Morgan fingerprint density at radius 2 is 1.28 bits per heavy atom. The lowest BCUT2D eigenvalue weighted by molar-refractivity contribution is -0.139. The Kier molecular flexibility index (Phi) is 20.0. The molecule has 5 N–H and O–H groups in total. The van der Waals surface area contributed by atoms with Crippen molar-refractivity contribution in [3.8, 4) is 12.8 Å². The van der Waals surface area contributed by atoms with Gasteiger partial charge in [-0.25, -0.2) is 19.6 Å². The Morgan fingerprint density at radius 3 is 1.73 bits per heavy atom. The van der Waals surface area contributed by atoms with Crippen molar-refractivity contribution in [1.82, 2.24) is 25.1 Å². The molecule has 19 heteroatoms. The van der Waals surface area contributed by atoms with Crippen LogP contribution in [0.15, 0.2) is 35.0 Å². The predicted molar refractivity (Wildman–Crippen MR) is 263 cm³/mol. The highest BCUT2D eigenvalue weighted by Crippen LogP contribution is 2.48. The molecule has 17 nitrogen and oxygen atoms in total. The van der Waals surface area contributed by atoms with E-state index in [2.05, 4.69) is 103 Å². The Morgan fingerprint density at radius 1 is 0.791 bits per heavy atom. The van der Waals surface area contributed by atoms with Gasteiger partial charge in [-0.2, -0.15) is 0 Å². The van der Waals surface area contributed by atoms with E-state index < -0.39 is 30.3 Å². The number of rotatable bonds is 14. The number of likely N-dealkylation sites (tertiary alicyclic amines) is 2. The van der Waals surface area contributed by atoms with Gasteiger partial charge in [0.05, 0.1) is 37.7 Å². The topological polar surface area (TPSA) is 218 Å². The van der Waals surface area contributed by atoms with Crippen molar-refractivity contribution in [2.45, 2.75) is 142 Å². The number of thiazole rings is 2. The fourth-order valence-corrected chi connectivity index (χ4v) is 10.0. The lowest BCUT2D eigenvalue weighted by Crippen LogP contribution is -2.54. The number of alkyl carbamates (subject to hydrolysis) is 1. The summed E-state index contributed by atoms with van der Waals surface area (Å²) >= 11 is 2.74. The number of ether oxygens (including phenoxy) is 2. The van der Waals surface area contributed by atoms with E-state index in [0.717, 1.165) is 42.8 Å². The summed E-state index contributed by atoms with van der Waals surface area (Å²) in [6.07, 6.45) is 12.8. The first-order valence-corrected chi connectivity index (χ1v) is 24.7. The molecular formula is C48H69N9O8S2. The summed E-state index contributed by atoms with van der Waals surface area (Å²) in [6, 6.07) is 6.41. The third-order valence-electron chi connectivity index (χ3n) is 12.7. The summed E-state index contributed by atoms with van der Waals surface area (Å²) in [6.45, 7) is 15.6. The van der Waals surface area contributed by atoms with Gasteiger partial charge >= 0.3 is 12.2 Å². The molecule has 3 saturated heterocycles. The molecule has 0 aliphatic carbocycles. The number of carbonyl (C=O) groups is 6. The van der Waals surface area contributed by atoms with Crippen molar-refractivity contribution in [3.05, 3.63) is 52.0 Å². The number of carbonyl (C=O) groups excluding carboxylic acids is 6. The van der Waals surface area contributed by atoms with Crippen LogP contribution in [0.5, 0.6) is 0 Å². The smallest absolute Gasteiger partial charge is 0.407 e. The minimum Gasteiger partial charge on any atom is -0.453 e. The lowest BCUT2D eigenvalue weighted by Gasteiger charge is -2.32. The molecule has 5 heterocycles. The van der Waals surface area contributed by atoms with Gasteiger partial charge in [-0.3, -0.25) is 19.2 Å². The van der Waals surface area contributed by atoms with Crippen molar-refractivity contribution in [1.29, 1.82) is 0 Å². The number of terminal acetylenes is 1. The third-order valence-corrected chi connectivity index (χ3v) is 14.2. The van der Waals surface area contributed by atoms with Crippen molar-refractivity contribution in [2.75, 3.05) is 42.8 Å². The van der Waals surface area contributed by atoms with Crippen LogP contribution >= 0.6 is 22.7 Å². The first-order chi connectivity index (χ1) is 31.9. The first kappa shape index (κ1) is 53.9. The second-order valence-electron chi connectivity index (χ2n) is 18.1. The Balaban J connectivity index is 0.00000131. The summed E-state index contributed by atoms with van der Waals surface area (Å²) < 4.78 is 8.67. The van der Waals surface area contributed by atoms with E-state index in [4.69, 9.17) is 14.7 Å². The summed E-state index contributed by atoms with van der Waals surface area (Å²) in [5, 5.41) is 13.7. The van der Waals surface area contributed by atoms with E-state index in [0.29, 0.717) is 55.5 Å². The number of anilines is 3. The molecule has 0 unspecified atom stereocenters. The minimum atomic E-state index is -0.807. The van der Waals surface area contributed by atoms with Crippen LogP contribution in [0.2, 0.25) is 0 Å². The molecule has 0 radical (unpaired) electrons. The van der Waals surface area contributed by atoms with Crippen LogP contribution in [0, 0.1) is 24.7 Å². The van der Waals surface area contributed by atoms with Crippen LogP contribution in [-0.4, -0.2) is 101 Å². The van der Waals surface area contributed by atoms with Gasteiger partial charge in [0.2, 0.25) is 23.6 Å². The fraction of sp³-hybridized carbons (Fsp3) is 0.583. The monoisotopic (exact) mass is 963 g/mol. The van der Waals surface area contributed by atoms with Crippen molar-refractivity contribution < 1.29 is 38.2 Å². The van der Waals surface area contributed by atoms with Gasteiger partial charge in [-0.05, 0) is 73.5 Å². The molecule has 0 bridgehead atoms. The normalized spacial score (nSPS) is 20.3. The van der Waals surface area contributed by atoms with E-state index in [1.165, 1.54) is 42.5 Å². The molecule has 7 atom stereocenters. The fourth-order valence-electron chi connectivity index (χ4n) is 8.50. The quantitative estimate of drug-likeness (QED) is 0.113. The summed E-state index contributed by atoms with van der Waals surface area (Å²) in [5.74, 6) is -0.645. The van der Waals surface area contributed by atoms with Crippen LogP contribution in [0.1, 0.15) is 135 Å². The number of primary amides is 1. The van der Waals surface area contributed by atoms with Gasteiger partial charge < -0.3 is 45.9 Å². The maximum atomic E-state index is 13.8. The number of nitrogens with two attached hydrogens (primary N) is 1. The Bertz CT molecular complexity index is 2170. The van der Waals surface area contributed by atoms with Crippen LogP contribution in [0.3, 0.4) is 0 Å². The predicted octanol–water partition coefficient (Wildman–Crippen LogP) is 8.01. The number of amides is 6. The number of nitrogens with one attached hydrogen (secondary N) is 3. The molecule has 3 fully saturated rings. The van der Waals surface area contributed by atoms with Crippen LogP contribution in [-0.2, 0) is 34.1 Å². The molecule has 0 saturated carbocycles. The molecule has 3 aliphatic heterocycles. The molecule has 366 valence electrons.